The summed E-state index contributed by atoms with van der Waals surface area (Å²) in [6.45, 7) is 5.81. The smallest absolute Gasteiger partial charge is 0.156 e. The molecule has 4 heteroatoms. The average molecular weight is 231 g/mol. The highest BCUT2D eigenvalue weighted by Gasteiger charge is 2.28. The van der Waals surface area contributed by atoms with Gasteiger partial charge in [0.1, 0.15) is 0 Å². The summed E-state index contributed by atoms with van der Waals surface area (Å²) < 4.78 is 22.9. The van der Waals surface area contributed by atoms with Gasteiger partial charge in [0.2, 0.25) is 0 Å². The van der Waals surface area contributed by atoms with Crippen molar-refractivity contribution >= 4 is 9.84 Å². The molecule has 3 nitrogen and oxygen atoms in total. The first-order valence-electron chi connectivity index (χ1n) is 5.43. The number of hydrogen-bond donors (Lipinski definition) is 1. The summed E-state index contributed by atoms with van der Waals surface area (Å²) in [7, 11) is -2.97. The fraction of sp³-hybridized carbons (Fsp3) is 0.818. The summed E-state index contributed by atoms with van der Waals surface area (Å²) in [5, 5.41) is 3.27. The average Bonchev–Trinajstić information content (AvgIpc) is 2.54. The van der Waals surface area contributed by atoms with Crippen LogP contribution in [-0.4, -0.2) is 31.5 Å². The zero-order valence-corrected chi connectivity index (χ0v) is 10.6. The molecule has 0 spiro atoms. The molecule has 1 aliphatic rings. The molecule has 0 radical (unpaired) electrons. The van der Waals surface area contributed by atoms with Gasteiger partial charge in [0, 0.05) is 12.6 Å². The highest BCUT2D eigenvalue weighted by molar-refractivity contribution is 7.92. The third-order valence-corrected chi connectivity index (χ3v) is 5.35. The maximum Gasteiger partial charge on any atom is 0.156 e. The van der Waals surface area contributed by atoms with Crippen LogP contribution in [0.4, 0.5) is 0 Å². The van der Waals surface area contributed by atoms with Crippen LogP contribution < -0.4 is 5.32 Å². The summed E-state index contributed by atoms with van der Waals surface area (Å²) in [5.74, 6) is 0.229. The van der Waals surface area contributed by atoms with Crippen LogP contribution in [0.25, 0.3) is 0 Å². The van der Waals surface area contributed by atoms with Crippen molar-refractivity contribution in [2.45, 2.75) is 44.4 Å². The Hall–Kier alpha value is -0.350. The summed E-state index contributed by atoms with van der Waals surface area (Å²) >= 11 is 0. The minimum absolute atomic E-state index is 0.229. The van der Waals surface area contributed by atoms with Crippen LogP contribution in [0, 0.1) is 0 Å². The molecule has 1 aliphatic carbocycles. The van der Waals surface area contributed by atoms with E-state index < -0.39 is 14.6 Å². The number of sulfone groups is 1. The molecule has 0 bridgehead atoms. The fourth-order valence-electron chi connectivity index (χ4n) is 1.49. The van der Waals surface area contributed by atoms with Gasteiger partial charge in [-0.05, 0) is 33.6 Å². The topological polar surface area (TPSA) is 46.2 Å². The van der Waals surface area contributed by atoms with E-state index in [0.29, 0.717) is 12.6 Å². The monoisotopic (exact) mass is 231 g/mol. The highest BCUT2D eigenvalue weighted by atomic mass is 32.2. The molecular formula is C11H21NO2S. The number of rotatable bonds is 4. The van der Waals surface area contributed by atoms with E-state index in [1.165, 1.54) is 0 Å². The van der Waals surface area contributed by atoms with Gasteiger partial charge < -0.3 is 5.32 Å². The second-order valence-electron chi connectivity index (χ2n) is 5.03. The quantitative estimate of drug-likeness (QED) is 0.746. The van der Waals surface area contributed by atoms with Crippen molar-refractivity contribution in [2.75, 3.05) is 12.3 Å². The summed E-state index contributed by atoms with van der Waals surface area (Å²) in [5.41, 5.74) is 0. The molecule has 15 heavy (non-hydrogen) atoms. The van der Waals surface area contributed by atoms with Crippen molar-refractivity contribution in [1.82, 2.24) is 5.32 Å². The Bertz CT molecular complexity index is 317. The van der Waals surface area contributed by atoms with Gasteiger partial charge in [0.05, 0.1) is 10.5 Å². The second kappa shape index (κ2) is 4.66. The van der Waals surface area contributed by atoms with Crippen molar-refractivity contribution in [2.24, 2.45) is 0 Å². The van der Waals surface area contributed by atoms with E-state index in [9.17, 15) is 8.42 Å². The Morgan fingerprint density at radius 3 is 2.27 bits per heavy atom. The van der Waals surface area contributed by atoms with Gasteiger partial charge in [-0.25, -0.2) is 8.42 Å². The first-order valence-corrected chi connectivity index (χ1v) is 7.09. The van der Waals surface area contributed by atoms with Crippen molar-refractivity contribution < 1.29 is 8.42 Å². The van der Waals surface area contributed by atoms with Crippen molar-refractivity contribution in [3.05, 3.63) is 12.2 Å². The van der Waals surface area contributed by atoms with Crippen LogP contribution in [-0.2, 0) is 9.84 Å². The lowest BCUT2D eigenvalue weighted by Gasteiger charge is -2.20. The molecule has 88 valence electrons. The van der Waals surface area contributed by atoms with Gasteiger partial charge in [-0.15, -0.1) is 0 Å². The van der Waals surface area contributed by atoms with E-state index in [0.717, 1.165) is 12.8 Å². The van der Waals surface area contributed by atoms with E-state index in [4.69, 9.17) is 0 Å². The minimum Gasteiger partial charge on any atom is -0.312 e. The Kier molecular flexibility index (Phi) is 3.95. The molecule has 0 aliphatic heterocycles. The molecule has 0 atom stereocenters. The standard InChI is InChI=1S/C11H21NO2S/c1-11(2,3)15(13,14)9-8-12-10-6-4-5-7-10/h4-5,10,12H,6-9H2,1-3H3. The number of hydrogen-bond acceptors (Lipinski definition) is 3. The minimum atomic E-state index is -2.97. The Labute approximate surface area is 92.9 Å². The lowest BCUT2D eigenvalue weighted by atomic mass is 10.2. The molecule has 0 aromatic heterocycles. The van der Waals surface area contributed by atoms with E-state index in [1.54, 1.807) is 20.8 Å². The lowest BCUT2D eigenvalue weighted by Crippen LogP contribution is -2.37. The summed E-state index contributed by atoms with van der Waals surface area (Å²) in [6, 6.07) is 0.445. The van der Waals surface area contributed by atoms with E-state index in [-0.39, 0.29) is 5.75 Å². The molecule has 0 aromatic rings. The molecule has 0 fully saturated rings. The van der Waals surface area contributed by atoms with Gasteiger partial charge >= 0.3 is 0 Å². The molecule has 0 heterocycles. The van der Waals surface area contributed by atoms with Crippen LogP contribution in [0.3, 0.4) is 0 Å². The van der Waals surface area contributed by atoms with Crippen LogP contribution in [0.5, 0.6) is 0 Å². The Morgan fingerprint density at radius 2 is 1.80 bits per heavy atom. The van der Waals surface area contributed by atoms with Crippen LogP contribution in [0.2, 0.25) is 0 Å². The maximum absolute atomic E-state index is 11.8. The Morgan fingerprint density at radius 1 is 1.27 bits per heavy atom. The van der Waals surface area contributed by atoms with Gasteiger partial charge in [0.25, 0.3) is 0 Å². The predicted octanol–water partition coefficient (Wildman–Crippen LogP) is 1.51. The largest absolute Gasteiger partial charge is 0.312 e. The summed E-state index contributed by atoms with van der Waals surface area (Å²) in [4.78, 5) is 0. The van der Waals surface area contributed by atoms with E-state index >= 15 is 0 Å². The van der Waals surface area contributed by atoms with Crippen molar-refractivity contribution in [1.29, 1.82) is 0 Å². The Balaban J connectivity index is 2.31. The molecule has 1 N–H and O–H groups in total. The van der Waals surface area contributed by atoms with Crippen LogP contribution in [0.15, 0.2) is 12.2 Å². The van der Waals surface area contributed by atoms with Gasteiger partial charge in [-0.2, -0.15) is 0 Å². The molecule has 1 rings (SSSR count). The predicted molar refractivity (Wildman–Crippen MR) is 63.7 cm³/mol. The zero-order valence-electron chi connectivity index (χ0n) is 9.79. The molecular weight excluding hydrogens is 210 g/mol. The van der Waals surface area contributed by atoms with Gasteiger partial charge in [-0.3, -0.25) is 0 Å². The van der Waals surface area contributed by atoms with Crippen molar-refractivity contribution in [3.63, 3.8) is 0 Å². The summed E-state index contributed by atoms with van der Waals surface area (Å²) in [6.07, 6.45) is 6.32. The van der Waals surface area contributed by atoms with Gasteiger partial charge in [0.15, 0.2) is 9.84 Å². The molecule has 0 amide bonds. The maximum atomic E-state index is 11.8. The third kappa shape index (κ3) is 3.61. The van der Waals surface area contributed by atoms with E-state index in [1.807, 2.05) is 0 Å². The lowest BCUT2D eigenvalue weighted by molar-refractivity contribution is 0.535. The fourth-order valence-corrected chi connectivity index (χ4v) is 2.49. The molecule has 0 saturated carbocycles. The van der Waals surface area contributed by atoms with Crippen LogP contribution >= 0.6 is 0 Å². The normalized spacial score (nSPS) is 18.6. The first kappa shape index (κ1) is 12.7. The zero-order chi connectivity index (χ0) is 11.5. The third-order valence-electron chi connectivity index (χ3n) is 2.74. The molecule has 0 saturated heterocycles. The van der Waals surface area contributed by atoms with Crippen LogP contribution in [0.1, 0.15) is 33.6 Å². The molecule has 0 unspecified atom stereocenters. The number of nitrogens with one attached hydrogen (secondary N) is 1. The highest BCUT2D eigenvalue weighted by Crippen LogP contribution is 2.15. The first-order chi connectivity index (χ1) is 6.83. The van der Waals surface area contributed by atoms with E-state index in [2.05, 4.69) is 17.5 Å². The second-order valence-corrected chi connectivity index (χ2v) is 7.89. The molecule has 0 aromatic carbocycles. The van der Waals surface area contributed by atoms with Gasteiger partial charge in [-0.1, -0.05) is 12.2 Å². The SMILES string of the molecule is CC(C)(C)S(=O)(=O)CCNC1CC=CC1. The van der Waals surface area contributed by atoms with Crippen molar-refractivity contribution in [3.8, 4) is 0 Å².